The highest BCUT2D eigenvalue weighted by atomic mass is 28.2. The zero-order chi connectivity index (χ0) is 38.6. The first-order chi connectivity index (χ1) is 28.7. The monoisotopic (exact) mass is 758 g/mol. The molecule has 0 amide bonds. The Balaban J connectivity index is 0.998. The van der Waals surface area contributed by atoms with Gasteiger partial charge in [-0.05, 0) is 77.9 Å². The molecule has 0 atom stereocenters. The molecule has 0 spiro atoms. The topological polar surface area (TPSA) is 35.6 Å². The lowest BCUT2D eigenvalue weighted by Gasteiger charge is -2.12. The van der Waals surface area contributed by atoms with Gasteiger partial charge in [0.15, 0.2) is 5.82 Å². The minimum Gasteiger partial charge on any atom is -0.309 e. The summed E-state index contributed by atoms with van der Waals surface area (Å²) >= 11 is 0. The van der Waals surface area contributed by atoms with Gasteiger partial charge < -0.3 is 9.13 Å². The SMILES string of the molecule is C[SiH2]c1ccc(-n2c3ccccc3c3cc(-c4ccc5c(c4)c4ccccc4n5-c4ccc(-c5cc(-c6ccccc6)nc(-c6ccccc6)n5)cc4)ccc32)cc1. The van der Waals surface area contributed by atoms with Gasteiger partial charge in [0.25, 0.3) is 0 Å². The van der Waals surface area contributed by atoms with Crippen LogP contribution in [0.5, 0.6) is 0 Å². The molecule has 11 rings (SSSR count). The van der Waals surface area contributed by atoms with Gasteiger partial charge in [-0.1, -0.05) is 145 Å². The number of benzene rings is 8. The number of hydrogen-bond donors (Lipinski definition) is 0. The first-order valence-corrected chi connectivity index (χ1v) is 22.1. The molecule has 0 saturated carbocycles. The Morgan fingerprint density at radius 3 is 1.28 bits per heavy atom. The molecule has 3 aromatic heterocycles. The fraction of sp³-hybridized carbons (Fsp3) is 0.0189. The lowest BCUT2D eigenvalue weighted by atomic mass is 10.0. The van der Waals surface area contributed by atoms with Gasteiger partial charge >= 0.3 is 0 Å². The van der Waals surface area contributed by atoms with Gasteiger partial charge in [-0.3, -0.25) is 0 Å². The lowest BCUT2D eigenvalue weighted by Crippen LogP contribution is -2.09. The van der Waals surface area contributed by atoms with Crippen LogP contribution in [0.25, 0.3) is 100 Å². The molecule has 0 aliphatic heterocycles. The Morgan fingerprint density at radius 2 is 0.759 bits per heavy atom. The minimum absolute atomic E-state index is 0.197. The Labute approximate surface area is 339 Å². The summed E-state index contributed by atoms with van der Waals surface area (Å²) in [7, 11) is -0.197. The third-order valence-corrected chi connectivity index (χ3v) is 12.8. The second kappa shape index (κ2) is 14.0. The van der Waals surface area contributed by atoms with Gasteiger partial charge in [0.1, 0.15) is 0 Å². The van der Waals surface area contributed by atoms with E-state index >= 15 is 0 Å². The van der Waals surface area contributed by atoms with E-state index in [1.807, 2.05) is 24.3 Å². The van der Waals surface area contributed by atoms with Crippen molar-refractivity contribution < 1.29 is 0 Å². The van der Waals surface area contributed by atoms with Crippen molar-refractivity contribution >= 4 is 58.3 Å². The van der Waals surface area contributed by atoms with Gasteiger partial charge in [0, 0.05) is 49.6 Å². The van der Waals surface area contributed by atoms with Gasteiger partial charge in [0.05, 0.1) is 43.0 Å². The third kappa shape index (κ3) is 5.75. The number of rotatable bonds is 7. The predicted molar refractivity (Wildman–Crippen MR) is 246 cm³/mol. The highest BCUT2D eigenvalue weighted by molar-refractivity contribution is 6.51. The van der Waals surface area contributed by atoms with Crippen molar-refractivity contribution in [1.82, 2.24) is 19.1 Å². The van der Waals surface area contributed by atoms with E-state index in [1.165, 1.54) is 65.6 Å². The van der Waals surface area contributed by atoms with Crippen LogP contribution < -0.4 is 5.19 Å². The molecule has 0 bridgehead atoms. The van der Waals surface area contributed by atoms with Crippen molar-refractivity contribution in [1.29, 1.82) is 0 Å². The first kappa shape index (κ1) is 33.9. The maximum atomic E-state index is 5.07. The summed E-state index contributed by atoms with van der Waals surface area (Å²) in [5, 5.41) is 6.48. The fourth-order valence-electron chi connectivity index (χ4n) is 8.59. The average Bonchev–Trinajstić information content (AvgIpc) is 3.82. The summed E-state index contributed by atoms with van der Waals surface area (Å²) in [5.74, 6) is 0.715. The number of nitrogens with zero attached hydrogens (tertiary/aromatic N) is 4. The van der Waals surface area contributed by atoms with Gasteiger partial charge in [0.2, 0.25) is 0 Å². The van der Waals surface area contributed by atoms with E-state index in [0.29, 0.717) is 5.82 Å². The summed E-state index contributed by atoms with van der Waals surface area (Å²) in [6.07, 6.45) is 0. The van der Waals surface area contributed by atoms with Crippen molar-refractivity contribution in [2.75, 3.05) is 0 Å². The quantitative estimate of drug-likeness (QED) is 0.152. The van der Waals surface area contributed by atoms with Crippen LogP contribution in [-0.2, 0) is 0 Å². The lowest BCUT2D eigenvalue weighted by molar-refractivity contribution is 1.17. The summed E-state index contributed by atoms with van der Waals surface area (Å²) in [6, 6.07) is 72.0. The molecule has 11 aromatic rings. The van der Waals surface area contributed by atoms with Gasteiger partial charge in [-0.25, -0.2) is 9.97 Å². The highest BCUT2D eigenvalue weighted by Gasteiger charge is 2.17. The van der Waals surface area contributed by atoms with Crippen molar-refractivity contribution in [3.63, 3.8) is 0 Å². The molecule has 0 aliphatic rings. The van der Waals surface area contributed by atoms with Crippen molar-refractivity contribution in [3.05, 3.63) is 200 Å². The second-order valence-corrected chi connectivity index (χ2v) is 16.5. The smallest absolute Gasteiger partial charge is 0.160 e. The molecule has 4 nitrogen and oxygen atoms in total. The molecular weight excluding hydrogens is 721 g/mol. The van der Waals surface area contributed by atoms with Gasteiger partial charge in [-0.2, -0.15) is 0 Å². The van der Waals surface area contributed by atoms with E-state index in [4.69, 9.17) is 9.97 Å². The minimum atomic E-state index is -0.197. The standard InChI is InChI=1S/C53H38N4Si/c1-58-42-28-26-41(27-29-42)57-50-19-11-9-17-44(50)46-33-39(23-31-52(46)57)38-22-30-51-45(32-38)43-16-8-10-18-49(43)56(51)40-24-20-36(21-25-40)48-34-47(35-12-4-2-5-13-35)54-53(55-48)37-14-6-3-7-15-37/h2-34H,58H2,1H3. The van der Waals surface area contributed by atoms with Crippen LogP contribution in [0.2, 0.25) is 6.55 Å². The molecule has 58 heavy (non-hydrogen) atoms. The predicted octanol–water partition coefficient (Wildman–Crippen LogP) is 12.2. The van der Waals surface area contributed by atoms with Crippen molar-refractivity contribution in [2.24, 2.45) is 0 Å². The molecule has 0 N–H and O–H groups in total. The van der Waals surface area contributed by atoms with E-state index in [-0.39, 0.29) is 9.52 Å². The number of hydrogen-bond acceptors (Lipinski definition) is 2. The molecule has 0 saturated heterocycles. The van der Waals surface area contributed by atoms with Crippen LogP contribution in [0.3, 0.4) is 0 Å². The summed E-state index contributed by atoms with van der Waals surface area (Å²) in [5.41, 5.74) is 14.4. The number of aromatic nitrogens is 4. The fourth-order valence-corrected chi connectivity index (χ4v) is 9.30. The van der Waals surface area contributed by atoms with E-state index in [0.717, 1.165) is 33.8 Å². The summed E-state index contributed by atoms with van der Waals surface area (Å²) in [6.45, 7) is 2.34. The van der Waals surface area contributed by atoms with E-state index in [9.17, 15) is 0 Å². The zero-order valence-electron chi connectivity index (χ0n) is 32.0. The maximum Gasteiger partial charge on any atom is 0.160 e. The Kier molecular flexibility index (Phi) is 8.19. The van der Waals surface area contributed by atoms with Gasteiger partial charge in [-0.15, -0.1) is 0 Å². The number of para-hydroxylation sites is 2. The molecule has 0 aliphatic carbocycles. The maximum absolute atomic E-state index is 5.07. The largest absolute Gasteiger partial charge is 0.309 e. The Bertz CT molecular complexity index is 3230. The first-order valence-electron chi connectivity index (χ1n) is 20.0. The Hall–Kier alpha value is -7.34. The van der Waals surface area contributed by atoms with Crippen LogP contribution in [0, 0.1) is 0 Å². The van der Waals surface area contributed by atoms with Crippen LogP contribution in [0.4, 0.5) is 0 Å². The molecule has 5 heteroatoms. The van der Waals surface area contributed by atoms with Crippen LogP contribution in [0.15, 0.2) is 200 Å². The third-order valence-electron chi connectivity index (χ3n) is 11.5. The normalized spacial score (nSPS) is 11.8. The zero-order valence-corrected chi connectivity index (χ0v) is 33.5. The molecule has 3 heterocycles. The molecule has 8 aromatic carbocycles. The van der Waals surface area contributed by atoms with E-state index < -0.39 is 0 Å². The molecule has 0 fully saturated rings. The molecular formula is C53H38N4Si. The second-order valence-electron chi connectivity index (χ2n) is 14.9. The number of fused-ring (bicyclic) bond motifs is 6. The molecule has 274 valence electrons. The van der Waals surface area contributed by atoms with E-state index in [2.05, 4.69) is 192 Å². The van der Waals surface area contributed by atoms with Crippen LogP contribution >= 0.6 is 0 Å². The van der Waals surface area contributed by atoms with Crippen molar-refractivity contribution in [3.8, 4) is 56.4 Å². The highest BCUT2D eigenvalue weighted by Crippen LogP contribution is 2.38. The van der Waals surface area contributed by atoms with E-state index in [1.54, 1.807) is 0 Å². The van der Waals surface area contributed by atoms with Crippen molar-refractivity contribution in [2.45, 2.75) is 6.55 Å². The van der Waals surface area contributed by atoms with Crippen LogP contribution in [0.1, 0.15) is 0 Å². The summed E-state index contributed by atoms with van der Waals surface area (Å²) < 4.78 is 4.79. The Morgan fingerprint density at radius 1 is 0.345 bits per heavy atom. The molecule has 0 unspecified atom stereocenters. The summed E-state index contributed by atoms with van der Waals surface area (Å²) in [4.78, 5) is 10.1. The molecule has 0 radical (unpaired) electrons. The van der Waals surface area contributed by atoms with Crippen LogP contribution in [-0.4, -0.2) is 28.6 Å². The average molecular weight is 759 g/mol.